The smallest absolute Gasteiger partial charge is 0.311 e. The van der Waals surface area contributed by atoms with E-state index in [1.54, 1.807) is 25.4 Å². The second kappa shape index (κ2) is 4.97. The average Bonchev–Trinajstić information content (AvgIpc) is 2.38. The van der Waals surface area contributed by atoms with E-state index < -0.39 is 4.92 Å². The van der Waals surface area contributed by atoms with Gasteiger partial charge in [-0.25, -0.2) is 9.97 Å². The Morgan fingerprint density at radius 3 is 2.61 bits per heavy atom. The third-order valence-electron chi connectivity index (χ3n) is 2.38. The van der Waals surface area contributed by atoms with Crippen LogP contribution in [0, 0.1) is 10.1 Å². The van der Waals surface area contributed by atoms with Crippen LogP contribution in [0.15, 0.2) is 36.7 Å². The summed E-state index contributed by atoms with van der Waals surface area (Å²) in [6.07, 6.45) is 3.04. The standard InChI is InChI=1S/C11H9ClN4O2/c1-15(8-4-2-6-13-10(8)12)11-9(16(17)18)5-3-7-14-11/h2-7H,1H3. The molecule has 0 N–H and O–H groups in total. The van der Waals surface area contributed by atoms with E-state index in [-0.39, 0.29) is 16.7 Å². The highest BCUT2D eigenvalue weighted by atomic mass is 35.5. The fraction of sp³-hybridized carbons (Fsp3) is 0.0909. The molecule has 0 saturated heterocycles. The van der Waals surface area contributed by atoms with Gasteiger partial charge in [-0.2, -0.15) is 0 Å². The zero-order valence-corrected chi connectivity index (χ0v) is 10.2. The van der Waals surface area contributed by atoms with Crippen molar-refractivity contribution in [2.75, 3.05) is 11.9 Å². The Labute approximate surface area is 108 Å². The van der Waals surface area contributed by atoms with E-state index in [1.807, 2.05) is 0 Å². The zero-order valence-electron chi connectivity index (χ0n) is 9.45. The molecule has 0 saturated carbocycles. The van der Waals surface area contributed by atoms with Gasteiger partial charge in [0.05, 0.1) is 10.6 Å². The first-order valence-electron chi connectivity index (χ1n) is 5.05. The number of hydrogen-bond donors (Lipinski definition) is 0. The summed E-state index contributed by atoms with van der Waals surface area (Å²) in [7, 11) is 1.65. The zero-order chi connectivity index (χ0) is 13.1. The fourth-order valence-corrected chi connectivity index (χ4v) is 1.78. The van der Waals surface area contributed by atoms with Crippen LogP contribution in [0.4, 0.5) is 17.2 Å². The summed E-state index contributed by atoms with van der Waals surface area (Å²) in [6.45, 7) is 0. The molecular formula is C11H9ClN4O2. The summed E-state index contributed by atoms with van der Waals surface area (Å²) < 4.78 is 0. The summed E-state index contributed by atoms with van der Waals surface area (Å²) in [5.74, 6) is 0.220. The summed E-state index contributed by atoms with van der Waals surface area (Å²) in [6, 6.07) is 6.32. The molecule has 7 heteroatoms. The number of nitro groups is 1. The van der Waals surface area contributed by atoms with Gasteiger partial charge in [0.15, 0.2) is 5.15 Å². The highest BCUT2D eigenvalue weighted by Crippen LogP contribution is 2.32. The van der Waals surface area contributed by atoms with Gasteiger partial charge < -0.3 is 4.90 Å². The van der Waals surface area contributed by atoms with Crippen molar-refractivity contribution >= 4 is 28.8 Å². The molecule has 2 heterocycles. The minimum atomic E-state index is -0.483. The van der Waals surface area contributed by atoms with Crippen LogP contribution in [-0.4, -0.2) is 21.9 Å². The number of anilines is 2. The van der Waals surface area contributed by atoms with Crippen molar-refractivity contribution in [3.8, 4) is 0 Å². The monoisotopic (exact) mass is 264 g/mol. The third kappa shape index (κ3) is 2.23. The molecule has 0 aliphatic heterocycles. The number of rotatable bonds is 3. The van der Waals surface area contributed by atoms with Crippen molar-refractivity contribution in [1.82, 2.24) is 9.97 Å². The van der Waals surface area contributed by atoms with Crippen molar-refractivity contribution < 1.29 is 4.92 Å². The Morgan fingerprint density at radius 1 is 1.28 bits per heavy atom. The van der Waals surface area contributed by atoms with E-state index in [1.165, 1.54) is 23.2 Å². The molecular weight excluding hydrogens is 256 g/mol. The molecule has 0 spiro atoms. The van der Waals surface area contributed by atoms with E-state index in [0.717, 1.165) is 0 Å². The molecule has 0 unspecified atom stereocenters. The lowest BCUT2D eigenvalue weighted by Gasteiger charge is -2.18. The highest BCUT2D eigenvalue weighted by Gasteiger charge is 2.20. The molecule has 18 heavy (non-hydrogen) atoms. The van der Waals surface area contributed by atoms with Gasteiger partial charge >= 0.3 is 5.69 Å². The van der Waals surface area contributed by atoms with Gasteiger partial charge in [0, 0.05) is 25.5 Å². The molecule has 0 amide bonds. The predicted molar refractivity (Wildman–Crippen MR) is 68.2 cm³/mol. The van der Waals surface area contributed by atoms with Crippen molar-refractivity contribution in [3.05, 3.63) is 51.9 Å². The van der Waals surface area contributed by atoms with Gasteiger partial charge in [-0.1, -0.05) is 11.6 Å². The lowest BCUT2D eigenvalue weighted by Crippen LogP contribution is -2.13. The topological polar surface area (TPSA) is 72.2 Å². The Bertz CT molecular complexity index is 591. The average molecular weight is 265 g/mol. The van der Waals surface area contributed by atoms with Crippen LogP contribution in [0.1, 0.15) is 0 Å². The summed E-state index contributed by atoms with van der Waals surface area (Å²) in [5, 5.41) is 11.2. The molecule has 2 aromatic rings. The van der Waals surface area contributed by atoms with Crippen LogP contribution >= 0.6 is 11.6 Å². The largest absolute Gasteiger partial charge is 0.321 e. The highest BCUT2D eigenvalue weighted by molar-refractivity contribution is 6.32. The number of pyridine rings is 2. The summed E-state index contributed by atoms with van der Waals surface area (Å²) in [5.41, 5.74) is 0.473. The van der Waals surface area contributed by atoms with Crippen LogP contribution in [0.25, 0.3) is 0 Å². The molecule has 0 radical (unpaired) electrons. The Hall–Kier alpha value is -2.21. The van der Waals surface area contributed by atoms with Gasteiger partial charge in [-0.15, -0.1) is 0 Å². The van der Waals surface area contributed by atoms with Crippen molar-refractivity contribution in [2.45, 2.75) is 0 Å². The van der Waals surface area contributed by atoms with Crippen LogP contribution in [0.3, 0.4) is 0 Å². The van der Waals surface area contributed by atoms with Gasteiger partial charge in [-0.3, -0.25) is 10.1 Å². The molecule has 0 aromatic carbocycles. The minimum absolute atomic E-state index is 0.0834. The summed E-state index contributed by atoms with van der Waals surface area (Å²) >= 11 is 5.95. The fourth-order valence-electron chi connectivity index (χ4n) is 1.53. The number of hydrogen-bond acceptors (Lipinski definition) is 5. The number of nitrogens with zero attached hydrogens (tertiary/aromatic N) is 4. The molecule has 6 nitrogen and oxygen atoms in total. The molecule has 0 aliphatic rings. The van der Waals surface area contributed by atoms with Crippen LogP contribution in [-0.2, 0) is 0 Å². The lowest BCUT2D eigenvalue weighted by atomic mass is 10.3. The summed E-state index contributed by atoms with van der Waals surface area (Å²) in [4.78, 5) is 19.9. The SMILES string of the molecule is CN(c1cccnc1Cl)c1ncccc1[N+](=O)[O-]. The minimum Gasteiger partial charge on any atom is -0.321 e. The van der Waals surface area contributed by atoms with Gasteiger partial charge in [0.2, 0.25) is 5.82 Å². The second-order valence-electron chi connectivity index (χ2n) is 3.48. The van der Waals surface area contributed by atoms with Crippen molar-refractivity contribution in [2.24, 2.45) is 0 Å². The normalized spacial score (nSPS) is 10.1. The quantitative estimate of drug-likeness (QED) is 0.484. The molecule has 0 fully saturated rings. The van der Waals surface area contributed by atoms with E-state index in [9.17, 15) is 10.1 Å². The Balaban J connectivity index is 2.50. The Kier molecular flexibility index (Phi) is 3.38. The first kappa shape index (κ1) is 12.3. The van der Waals surface area contributed by atoms with Crippen LogP contribution < -0.4 is 4.90 Å². The lowest BCUT2D eigenvalue weighted by molar-refractivity contribution is -0.384. The van der Waals surface area contributed by atoms with Gasteiger partial charge in [-0.05, 0) is 18.2 Å². The van der Waals surface area contributed by atoms with E-state index >= 15 is 0 Å². The number of aromatic nitrogens is 2. The van der Waals surface area contributed by atoms with Gasteiger partial charge in [0.1, 0.15) is 0 Å². The van der Waals surface area contributed by atoms with Crippen molar-refractivity contribution in [1.29, 1.82) is 0 Å². The van der Waals surface area contributed by atoms with E-state index in [0.29, 0.717) is 5.69 Å². The molecule has 0 bridgehead atoms. The second-order valence-corrected chi connectivity index (χ2v) is 3.83. The maximum atomic E-state index is 10.9. The predicted octanol–water partition coefficient (Wildman–Crippen LogP) is 2.81. The van der Waals surface area contributed by atoms with E-state index in [2.05, 4.69) is 9.97 Å². The maximum Gasteiger partial charge on any atom is 0.311 e. The Morgan fingerprint density at radius 2 is 1.94 bits per heavy atom. The molecule has 92 valence electrons. The van der Waals surface area contributed by atoms with Gasteiger partial charge in [0.25, 0.3) is 0 Å². The first-order valence-corrected chi connectivity index (χ1v) is 5.42. The third-order valence-corrected chi connectivity index (χ3v) is 2.67. The number of halogens is 1. The van der Waals surface area contributed by atoms with Crippen molar-refractivity contribution in [3.63, 3.8) is 0 Å². The van der Waals surface area contributed by atoms with E-state index in [4.69, 9.17) is 11.6 Å². The molecule has 2 aromatic heterocycles. The molecule has 2 rings (SSSR count). The van der Waals surface area contributed by atoms with Crippen LogP contribution in [0.2, 0.25) is 5.15 Å². The maximum absolute atomic E-state index is 10.9. The molecule has 0 aliphatic carbocycles. The first-order chi connectivity index (χ1) is 8.61. The van der Waals surface area contributed by atoms with Crippen LogP contribution in [0.5, 0.6) is 0 Å². The molecule has 0 atom stereocenters.